The van der Waals surface area contributed by atoms with E-state index < -0.39 is 0 Å². The molecular weight excluding hydrogens is 188 g/mol. The third-order valence-electron chi connectivity index (χ3n) is 2.43. The number of unbranched alkanes of at least 4 members (excludes halogenated alkanes) is 2. The van der Waals surface area contributed by atoms with Gasteiger partial charge in [0.1, 0.15) is 0 Å². The Bertz CT molecular complexity index is 228. The minimum Gasteiger partial charge on any atom is -0.356 e. The molecule has 0 aromatic carbocycles. The second-order valence-corrected chi connectivity index (χ2v) is 3.99. The molecule has 0 aliphatic heterocycles. The van der Waals surface area contributed by atoms with Gasteiger partial charge in [-0.1, -0.05) is 0 Å². The van der Waals surface area contributed by atoms with Gasteiger partial charge in [-0.3, -0.25) is 4.79 Å². The number of rotatable bonds is 8. The van der Waals surface area contributed by atoms with E-state index in [0.717, 1.165) is 32.4 Å². The molecule has 1 fully saturated rings. The Morgan fingerprint density at radius 2 is 2.13 bits per heavy atom. The summed E-state index contributed by atoms with van der Waals surface area (Å²) in [5.41, 5.74) is 0. The summed E-state index contributed by atoms with van der Waals surface area (Å²) in [7, 11) is 0. The smallest absolute Gasteiger partial charge is 0.221 e. The highest BCUT2D eigenvalue weighted by Crippen LogP contribution is 2.18. The Labute approximate surface area is 92.0 Å². The van der Waals surface area contributed by atoms with E-state index in [1.54, 1.807) is 0 Å². The van der Waals surface area contributed by atoms with Crippen molar-refractivity contribution in [3.8, 4) is 12.3 Å². The zero-order chi connectivity index (χ0) is 10.9. The molecule has 0 radical (unpaired) electrons. The second kappa shape index (κ2) is 7.30. The molecule has 1 aliphatic carbocycles. The third kappa shape index (κ3) is 6.98. The number of hydrogen-bond donors (Lipinski definition) is 2. The first-order chi connectivity index (χ1) is 7.33. The topological polar surface area (TPSA) is 41.1 Å². The van der Waals surface area contributed by atoms with Crippen LogP contribution in [0.3, 0.4) is 0 Å². The molecule has 0 aromatic heterocycles. The lowest BCUT2D eigenvalue weighted by molar-refractivity contribution is -0.121. The van der Waals surface area contributed by atoms with Crippen LogP contribution < -0.4 is 10.6 Å². The first-order valence-corrected chi connectivity index (χ1v) is 5.76. The van der Waals surface area contributed by atoms with Gasteiger partial charge in [-0.05, 0) is 25.7 Å². The lowest BCUT2D eigenvalue weighted by Gasteiger charge is -2.04. The molecule has 1 amide bonds. The minimum absolute atomic E-state index is 0.142. The van der Waals surface area contributed by atoms with Crippen LogP contribution in [0, 0.1) is 12.3 Å². The Kier molecular flexibility index (Phi) is 5.87. The standard InChI is InChI=1S/C12H20N2O/c1-2-3-4-5-9-14-12(15)8-10-13-11-6-7-11/h1,11,13H,3-10H2,(H,14,15). The van der Waals surface area contributed by atoms with E-state index in [4.69, 9.17) is 6.42 Å². The molecule has 0 heterocycles. The predicted octanol–water partition coefficient (Wildman–Crippen LogP) is 1.05. The zero-order valence-corrected chi connectivity index (χ0v) is 9.22. The van der Waals surface area contributed by atoms with Gasteiger partial charge in [-0.25, -0.2) is 0 Å². The van der Waals surface area contributed by atoms with Crippen LogP contribution in [0.4, 0.5) is 0 Å². The predicted molar refractivity (Wildman–Crippen MR) is 61.3 cm³/mol. The van der Waals surface area contributed by atoms with Gasteiger partial charge < -0.3 is 10.6 Å². The summed E-state index contributed by atoms with van der Waals surface area (Å²) in [6.07, 6.45) is 11.0. The Hall–Kier alpha value is -1.01. The number of hydrogen-bond acceptors (Lipinski definition) is 2. The zero-order valence-electron chi connectivity index (χ0n) is 9.22. The molecule has 0 saturated heterocycles. The van der Waals surface area contributed by atoms with Crippen molar-refractivity contribution in [2.45, 2.75) is 44.6 Å². The molecule has 3 nitrogen and oxygen atoms in total. The molecule has 0 unspecified atom stereocenters. The van der Waals surface area contributed by atoms with E-state index in [0.29, 0.717) is 12.5 Å². The van der Waals surface area contributed by atoms with E-state index >= 15 is 0 Å². The van der Waals surface area contributed by atoms with Gasteiger partial charge in [0.05, 0.1) is 0 Å². The summed E-state index contributed by atoms with van der Waals surface area (Å²) >= 11 is 0. The molecule has 1 rings (SSSR count). The van der Waals surface area contributed by atoms with Gasteiger partial charge in [0, 0.05) is 32.0 Å². The number of amides is 1. The lowest BCUT2D eigenvalue weighted by Crippen LogP contribution is -2.29. The Morgan fingerprint density at radius 3 is 2.80 bits per heavy atom. The van der Waals surface area contributed by atoms with Crippen LogP contribution in [-0.4, -0.2) is 25.0 Å². The van der Waals surface area contributed by atoms with Gasteiger partial charge >= 0.3 is 0 Å². The summed E-state index contributed by atoms with van der Waals surface area (Å²) in [5, 5.41) is 6.20. The molecule has 2 N–H and O–H groups in total. The molecule has 3 heteroatoms. The number of terminal acetylenes is 1. The highest BCUT2D eigenvalue weighted by atomic mass is 16.1. The van der Waals surface area contributed by atoms with Crippen LogP contribution in [0.25, 0.3) is 0 Å². The van der Waals surface area contributed by atoms with Crippen molar-refractivity contribution in [3.63, 3.8) is 0 Å². The maximum Gasteiger partial charge on any atom is 0.221 e. The average molecular weight is 208 g/mol. The van der Waals surface area contributed by atoms with Crippen molar-refractivity contribution in [1.29, 1.82) is 0 Å². The largest absolute Gasteiger partial charge is 0.356 e. The van der Waals surface area contributed by atoms with Crippen molar-refractivity contribution < 1.29 is 4.79 Å². The fourth-order valence-electron chi connectivity index (χ4n) is 1.35. The van der Waals surface area contributed by atoms with E-state index in [1.807, 2.05) is 0 Å². The first kappa shape index (κ1) is 12.1. The molecule has 0 bridgehead atoms. The van der Waals surface area contributed by atoms with Crippen LogP contribution in [-0.2, 0) is 4.79 Å². The van der Waals surface area contributed by atoms with E-state index in [9.17, 15) is 4.79 Å². The van der Waals surface area contributed by atoms with Gasteiger partial charge in [0.2, 0.25) is 5.91 Å². The number of carbonyl (C=O) groups excluding carboxylic acids is 1. The van der Waals surface area contributed by atoms with Crippen molar-refractivity contribution in [2.24, 2.45) is 0 Å². The summed E-state index contributed by atoms with van der Waals surface area (Å²) < 4.78 is 0. The Balaban J connectivity index is 1.82. The maximum absolute atomic E-state index is 11.3. The van der Waals surface area contributed by atoms with Crippen LogP contribution in [0.5, 0.6) is 0 Å². The maximum atomic E-state index is 11.3. The van der Waals surface area contributed by atoms with Gasteiger partial charge in [-0.15, -0.1) is 12.3 Å². The van der Waals surface area contributed by atoms with Gasteiger partial charge in [0.15, 0.2) is 0 Å². The summed E-state index contributed by atoms with van der Waals surface area (Å²) in [4.78, 5) is 11.3. The van der Waals surface area contributed by atoms with Crippen LogP contribution in [0.15, 0.2) is 0 Å². The lowest BCUT2D eigenvalue weighted by atomic mass is 10.2. The molecule has 0 atom stereocenters. The summed E-state index contributed by atoms with van der Waals surface area (Å²) in [5.74, 6) is 2.73. The van der Waals surface area contributed by atoms with Crippen molar-refractivity contribution in [1.82, 2.24) is 10.6 Å². The molecule has 84 valence electrons. The van der Waals surface area contributed by atoms with Crippen LogP contribution in [0.2, 0.25) is 0 Å². The average Bonchev–Trinajstić information content (AvgIpc) is 3.01. The molecule has 0 spiro atoms. The van der Waals surface area contributed by atoms with Gasteiger partial charge in [0.25, 0.3) is 0 Å². The monoisotopic (exact) mass is 208 g/mol. The number of carbonyl (C=O) groups is 1. The quantitative estimate of drug-likeness (QED) is 0.462. The first-order valence-electron chi connectivity index (χ1n) is 5.76. The number of nitrogens with one attached hydrogen (secondary N) is 2. The molecule has 1 aliphatic rings. The summed E-state index contributed by atoms with van der Waals surface area (Å²) in [6.45, 7) is 1.56. The fourth-order valence-corrected chi connectivity index (χ4v) is 1.35. The SMILES string of the molecule is C#CCCCCNC(=O)CCNC1CC1. The highest BCUT2D eigenvalue weighted by molar-refractivity contribution is 5.75. The molecule has 0 aromatic rings. The Morgan fingerprint density at radius 1 is 1.33 bits per heavy atom. The van der Waals surface area contributed by atoms with E-state index in [1.165, 1.54) is 12.8 Å². The minimum atomic E-state index is 0.142. The van der Waals surface area contributed by atoms with E-state index in [-0.39, 0.29) is 5.91 Å². The molecule has 1 saturated carbocycles. The molecule has 15 heavy (non-hydrogen) atoms. The molecular formula is C12H20N2O. The second-order valence-electron chi connectivity index (χ2n) is 3.99. The highest BCUT2D eigenvalue weighted by Gasteiger charge is 2.19. The van der Waals surface area contributed by atoms with Gasteiger partial charge in [-0.2, -0.15) is 0 Å². The van der Waals surface area contributed by atoms with Crippen LogP contribution >= 0.6 is 0 Å². The van der Waals surface area contributed by atoms with Crippen molar-refractivity contribution >= 4 is 5.91 Å². The summed E-state index contributed by atoms with van der Waals surface area (Å²) in [6, 6.07) is 0.688. The van der Waals surface area contributed by atoms with Crippen molar-refractivity contribution in [3.05, 3.63) is 0 Å². The fraction of sp³-hybridized carbons (Fsp3) is 0.750. The third-order valence-corrected chi connectivity index (χ3v) is 2.43. The van der Waals surface area contributed by atoms with Crippen LogP contribution in [0.1, 0.15) is 38.5 Å². The van der Waals surface area contributed by atoms with Crippen molar-refractivity contribution in [2.75, 3.05) is 13.1 Å². The normalized spacial score (nSPS) is 14.6. The van der Waals surface area contributed by atoms with E-state index in [2.05, 4.69) is 16.6 Å².